The van der Waals surface area contributed by atoms with Gasteiger partial charge in [-0.2, -0.15) is 0 Å². The van der Waals surface area contributed by atoms with Gasteiger partial charge in [0.2, 0.25) is 0 Å². The zero-order valence-electron chi connectivity index (χ0n) is 13.3. The number of benzene rings is 1. The van der Waals surface area contributed by atoms with Gasteiger partial charge in [-0.25, -0.2) is 9.97 Å². The molecule has 0 aliphatic rings. The van der Waals surface area contributed by atoms with Crippen LogP contribution in [0.25, 0.3) is 22.5 Å². The quantitative estimate of drug-likeness (QED) is 0.531. The molecule has 0 amide bonds. The van der Waals surface area contributed by atoms with Gasteiger partial charge in [0.15, 0.2) is 5.82 Å². The second-order valence-corrected chi connectivity index (χ2v) is 5.19. The number of hydrogen-bond donors (Lipinski definition) is 0. The third-order valence-corrected chi connectivity index (χ3v) is 3.53. The van der Waals surface area contributed by atoms with Crippen LogP contribution in [-0.4, -0.2) is 21.3 Å². The maximum absolute atomic E-state index is 4.74. The summed E-state index contributed by atoms with van der Waals surface area (Å²) >= 11 is 0. The lowest BCUT2D eigenvalue weighted by Crippen LogP contribution is -2.02. The first-order chi connectivity index (χ1) is 11.2. The van der Waals surface area contributed by atoms with Crippen LogP contribution in [0.15, 0.2) is 65.8 Å². The molecule has 114 valence electrons. The van der Waals surface area contributed by atoms with Crippen molar-refractivity contribution in [1.29, 1.82) is 0 Å². The Labute approximate surface area is 135 Å². The Bertz CT molecular complexity index is 902. The van der Waals surface area contributed by atoms with Gasteiger partial charge in [0.1, 0.15) is 11.5 Å². The summed E-state index contributed by atoms with van der Waals surface area (Å²) in [4.78, 5) is 13.4. The monoisotopic (exact) mass is 302 g/mol. The van der Waals surface area contributed by atoms with Gasteiger partial charge in [0.05, 0.1) is 11.0 Å². The van der Waals surface area contributed by atoms with Crippen molar-refractivity contribution in [3.63, 3.8) is 0 Å². The topological polar surface area (TPSA) is 43.1 Å². The van der Waals surface area contributed by atoms with Gasteiger partial charge >= 0.3 is 0 Å². The van der Waals surface area contributed by atoms with E-state index in [0.29, 0.717) is 5.70 Å². The number of aliphatic imine (C=N–C) groups is 1. The Kier molecular flexibility index (Phi) is 4.15. The van der Waals surface area contributed by atoms with Crippen LogP contribution in [0.2, 0.25) is 0 Å². The lowest BCUT2D eigenvalue weighted by atomic mass is 10.2. The third kappa shape index (κ3) is 2.83. The van der Waals surface area contributed by atoms with Crippen LogP contribution in [-0.2, 0) is 0 Å². The summed E-state index contributed by atoms with van der Waals surface area (Å²) in [6, 6.07) is 12.0. The summed E-state index contributed by atoms with van der Waals surface area (Å²) in [6.07, 6.45) is 7.55. The van der Waals surface area contributed by atoms with Crippen LogP contribution in [0.5, 0.6) is 0 Å². The van der Waals surface area contributed by atoms with E-state index in [-0.39, 0.29) is 0 Å². The van der Waals surface area contributed by atoms with Crippen molar-refractivity contribution in [3.05, 3.63) is 72.2 Å². The molecule has 0 atom stereocenters. The maximum Gasteiger partial charge on any atom is 0.165 e. The molecular weight excluding hydrogens is 284 g/mol. The number of rotatable bonds is 4. The van der Waals surface area contributed by atoms with Crippen molar-refractivity contribution >= 4 is 23.4 Å². The first kappa shape index (κ1) is 14.9. The molecule has 2 aromatic heterocycles. The van der Waals surface area contributed by atoms with Gasteiger partial charge in [-0.15, -0.1) is 0 Å². The minimum Gasteiger partial charge on any atom is -0.275 e. The van der Waals surface area contributed by atoms with Crippen molar-refractivity contribution in [2.75, 3.05) is 0 Å². The van der Waals surface area contributed by atoms with Crippen molar-refractivity contribution in [2.24, 2.45) is 4.99 Å². The Morgan fingerprint density at radius 3 is 2.83 bits per heavy atom. The van der Waals surface area contributed by atoms with Gasteiger partial charge in [-0.05, 0) is 56.5 Å². The summed E-state index contributed by atoms with van der Waals surface area (Å²) in [5.74, 6) is 1.54. The number of hydrogen-bond acceptors (Lipinski definition) is 3. The van der Waals surface area contributed by atoms with Crippen LogP contribution in [0.1, 0.15) is 18.3 Å². The molecule has 0 fully saturated rings. The van der Waals surface area contributed by atoms with Gasteiger partial charge in [0, 0.05) is 6.20 Å². The zero-order chi connectivity index (χ0) is 16.2. The molecule has 1 aromatic carbocycles. The van der Waals surface area contributed by atoms with Gasteiger partial charge in [0.25, 0.3) is 0 Å². The first-order valence-electron chi connectivity index (χ1n) is 7.45. The fourth-order valence-corrected chi connectivity index (χ4v) is 2.46. The second kappa shape index (κ2) is 6.40. The number of imidazole rings is 1. The van der Waals surface area contributed by atoms with E-state index in [1.54, 1.807) is 6.20 Å². The first-order valence-corrected chi connectivity index (χ1v) is 7.45. The highest BCUT2D eigenvalue weighted by Gasteiger charge is 2.16. The molecule has 4 heteroatoms. The van der Waals surface area contributed by atoms with Gasteiger partial charge in [-0.1, -0.05) is 24.3 Å². The molecule has 23 heavy (non-hydrogen) atoms. The summed E-state index contributed by atoms with van der Waals surface area (Å²) in [6.45, 7) is 7.71. The second-order valence-electron chi connectivity index (χ2n) is 5.19. The van der Waals surface area contributed by atoms with Crippen LogP contribution in [0.3, 0.4) is 0 Å². The summed E-state index contributed by atoms with van der Waals surface area (Å²) < 4.78 is 2.02. The molecule has 0 aliphatic heterocycles. The lowest BCUT2D eigenvalue weighted by Gasteiger charge is -2.08. The van der Waals surface area contributed by atoms with Crippen LogP contribution >= 0.6 is 0 Å². The Hall–Kier alpha value is -3.01. The fourth-order valence-electron chi connectivity index (χ4n) is 2.46. The Balaban J connectivity index is 2.35. The molecule has 0 N–H and O–H groups in total. The average Bonchev–Trinajstić information content (AvgIpc) is 2.95. The number of pyridine rings is 1. The molecule has 0 spiro atoms. The average molecular weight is 302 g/mol. The largest absolute Gasteiger partial charge is 0.275 e. The normalized spacial score (nSPS) is 12.2. The van der Waals surface area contributed by atoms with E-state index in [0.717, 1.165) is 22.7 Å². The molecule has 0 saturated carbocycles. The fraction of sp³-hybridized carbons (Fsp3) is 0.105. The van der Waals surface area contributed by atoms with Crippen molar-refractivity contribution in [1.82, 2.24) is 14.5 Å². The van der Waals surface area contributed by atoms with E-state index in [2.05, 4.69) is 35.8 Å². The highest BCUT2D eigenvalue weighted by Crippen LogP contribution is 2.26. The van der Waals surface area contributed by atoms with E-state index in [1.807, 2.05) is 54.0 Å². The SMILES string of the molecule is C=N/C(=C\C=C/C)c1nc2ccc(C)cc2n1-c1ccccn1. The Morgan fingerprint density at radius 2 is 2.13 bits per heavy atom. The lowest BCUT2D eigenvalue weighted by molar-refractivity contribution is 0.991. The van der Waals surface area contributed by atoms with E-state index in [4.69, 9.17) is 4.98 Å². The smallest absolute Gasteiger partial charge is 0.165 e. The van der Waals surface area contributed by atoms with E-state index >= 15 is 0 Å². The maximum atomic E-state index is 4.74. The molecule has 3 rings (SSSR count). The molecule has 4 nitrogen and oxygen atoms in total. The zero-order valence-corrected chi connectivity index (χ0v) is 13.3. The number of fused-ring (bicyclic) bond motifs is 1. The van der Waals surface area contributed by atoms with Crippen LogP contribution in [0.4, 0.5) is 0 Å². The highest BCUT2D eigenvalue weighted by molar-refractivity contribution is 5.83. The summed E-state index contributed by atoms with van der Waals surface area (Å²) in [7, 11) is 0. The molecule has 0 radical (unpaired) electrons. The predicted molar refractivity (Wildman–Crippen MR) is 95.9 cm³/mol. The van der Waals surface area contributed by atoms with Crippen LogP contribution in [0, 0.1) is 6.92 Å². The number of allylic oxidation sites excluding steroid dienone is 3. The molecule has 3 aromatic rings. The highest BCUT2D eigenvalue weighted by atomic mass is 15.2. The van der Waals surface area contributed by atoms with E-state index in [1.165, 1.54) is 5.56 Å². The van der Waals surface area contributed by atoms with Gasteiger partial charge in [-0.3, -0.25) is 9.56 Å². The minimum atomic E-state index is 0.711. The van der Waals surface area contributed by atoms with Crippen LogP contribution < -0.4 is 0 Å². The molecule has 2 heterocycles. The van der Waals surface area contributed by atoms with Crippen molar-refractivity contribution < 1.29 is 0 Å². The molecule has 0 bridgehead atoms. The van der Waals surface area contributed by atoms with E-state index < -0.39 is 0 Å². The van der Waals surface area contributed by atoms with Gasteiger partial charge < -0.3 is 0 Å². The van der Waals surface area contributed by atoms with Crippen molar-refractivity contribution in [2.45, 2.75) is 13.8 Å². The van der Waals surface area contributed by atoms with E-state index in [9.17, 15) is 0 Å². The molecule has 0 aliphatic carbocycles. The number of nitrogens with zero attached hydrogens (tertiary/aromatic N) is 4. The molecular formula is C19H18N4. The molecule has 0 unspecified atom stereocenters. The summed E-state index contributed by atoms with van der Waals surface area (Å²) in [5, 5.41) is 0. The summed E-state index contributed by atoms with van der Waals surface area (Å²) in [5.41, 5.74) is 3.80. The standard InChI is InChI=1S/C19H18N4/c1-4-5-8-16(20-3)19-22-15-11-10-14(2)13-17(15)23(19)18-9-6-7-12-21-18/h4-13H,3H2,1-2H3/b5-4-,16-8-. The molecule has 0 saturated heterocycles. The predicted octanol–water partition coefficient (Wildman–Crippen LogP) is 4.35. The number of aryl methyl sites for hydroxylation is 1. The minimum absolute atomic E-state index is 0.711. The van der Waals surface area contributed by atoms with Crippen molar-refractivity contribution in [3.8, 4) is 5.82 Å². The third-order valence-electron chi connectivity index (χ3n) is 3.53. The number of aromatic nitrogens is 3. The Morgan fingerprint density at radius 1 is 1.26 bits per heavy atom.